The standard InChI is InChI=1S/C26H32N2O4S/c1-32-24-14-12-22(20-25(24)33(30,31)27-16-6-3-7-17-27)13-15-26(29)28-18-8-11-23(28)19-21-9-4-2-5-10-21/h2,4-5,9-10,12-15,20,23H,3,6-8,11,16-19H2,1H3/b15-13+. The number of rotatable bonds is 7. The van der Waals surface area contributed by atoms with Crippen LogP contribution in [0.3, 0.4) is 0 Å². The highest BCUT2D eigenvalue weighted by molar-refractivity contribution is 7.89. The molecule has 2 aromatic rings. The lowest BCUT2D eigenvalue weighted by Crippen LogP contribution is -2.35. The molecular weight excluding hydrogens is 436 g/mol. The smallest absolute Gasteiger partial charge is 0.246 e. The van der Waals surface area contributed by atoms with Crippen molar-refractivity contribution >= 4 is 22.0 Å². The summed E-state index contributed by atoms with van der Waals surface area (Å²) in [4.78, 5) is 15.0. The van der Waals surface area contributed by atoms with Crippen LogP contribution in [0.2, 0.25) is 0 Å². The summed E-state index contributed by atoms with van der Waals surface area (Å²) < 4.78 is 33.3. The summed E-state index contributed by atoms with van der Waals surface area (Å²) in [5, 5.41) is 0. The fourth-order valence-electron chi connectivity index (χ4n) is 4.73. The van der Waals surface area contributed by atoms with E-state index in [1.165, 1.54) is 17.0 Å². The van der Waals surface area contributed by atoms with Gasteiger partial charge in [0.1, 0.15) is 10.6 Å². The Balaban J connectivity index is 1.50. The van der Waals surface area contributed by atoms with Gasteiger partial charge in [0.15, 0.2) is 0 Å². The molecule has 0 aliphatic carbocycles. The van der Waals surface area contributed by atoms with Crippen molar-refractivity contribution in [2.45, 2.75) is 49.5 Å². The van der Waals surface area contributed by atoms with Crippen LogP contribution >= 0.6 is 0 Å². The lowest BCUT2D eigenvalue weighted by Gasteiger charge is -2.26. The first-order chi connectivity index (χ1) is 16.0. The minimum Gasteiger partial charge on any atom is -0.495 e. The van der Waals surface area contributed by atoms with Gasteiger partial charge >= 0.3 is 0 Å². The van der Waals surface area contributed by atoms with Gasteiger partial charge in [-0.3, -0.25) is 4.79 Å². The molecule has 176 valence electrons. The Morgan fingerprint density at radius 2 is 1.79 bits per heavy atom. The largest absolute Gasteiger partial charge is 0.495 e. The first-order valence-corrected chi connectivity index (χ1v) is 13.1. The Kier molecular flexibility index (Phi) is 7.50. The van der Waals surface area contributed by atoms with Crippen molar-refractivity contribution in [3.05, 3.63) is 65.7 Å². The second kappa shape index (κ2) is 10.5. The molecular formula is C26H32N2O4S. The normalized spacial score (nSPS) is 19.8. The third-order valence-electron chi connectivity index (χ3n) is 6.51. The van der Waals surface area contributed by atoms with Crippen molar-refractivity contribution in [1.82, 2.24) is 9.21 Å². The van der Waals surface area contributed by atoms with E-state index in [1.54, 1.807) is 30.4 Å². The molecule has 2 heterocycles. The maximum absolute atomic E-state index is 13.2. The predicted molar refractivity (Wildman–Crippen MR) is 130 cm³/mol. The number of sulfonamides is 1. The van der Waals surface area contributed by atoms with E-state index in [0.29, 0.717) is 24.4 Å². The number of hydrogen-bond acceptors (Lipinski definition) is 4. The van der Waals surface area contributed by atoms with E-state index in [4.69, 9.17) is 4.74 Å². The van der Waals surface area contributed by atoms with Gasteiger partial charge in [0.2, 0.25) is 15.9 Å². The number of amides is 1. The highest BCUT2D eigenvalue weighted by atomic mass is 32.2. The van der Waals surface area contributed by atoms with Crippen molar-refractivity contribution in [3.8, 4) is 5.75 Å². The molecule has 0 radical (unpaired) electrons. The number of carbonyl (C=O) groups is 1. The summed E-state index contributed by atoms with van der Waals surface area (Å²) in [7, 11) is -2.17. The van der Waals surface area contributed by atoms with Crippen LogP contribution in [0, 0.1) is 0 Å². The van der Waals surface area contributed by atoms with Crippen molar-refractivity contribution in [2.24, 2.45) is 0 Å². The average Bonchev–Trinajstić information content (AvgIpc) is 3.31. The van der Waals surface area contributed by atoms with E-state index in [9.17, 15) is 13.2 Å². The van der Waals surface area contributed by atoms with Crippen LogP contribution in [0.1, 0.15) is 43.2 Å². The first kappa shape index (κ1) is 23.5. The minimum atomic E-state index is -3.65. The molecule has 2 aromatic carbocycles. The van der Waals surface area contributed by atoms with Crippen LogP contribution in [0.15, 0.2) is 59.5 Å². The Morgan fingerprint density at radius 3 is 2.52 bits per heavy atom. The Labute approximate surface area is 196 Å². The maximum Gasteiger partial charge on any atom is 0.246 e. The van der Waals surface area contributed by atoms with Gasteiger partial charge in [-0.2, -0.15) is 4.31 Å². The molecule has 4 rings (SSSR count). The summed E-state index contributed by atoms with van der Waals surface area (Å²) in [6.45, 7) is 1.81. The summed E-state index contributed by atoms with van der Waals surface area (Å²) in [6, 6.07) is 15.5. The van der Waals surface area contributed by atoms with Gasteiger partial charge in [-0.1, -0.05) is 42.8 Å². The molecule has 0 spiro atoms. The fraction of sp³-hybridized carbons (Fsp3) is 0.423. The highest BCUT2D eigenvalue weighted by Gasteiger charge is 2.30. The van der Waals surface area contributed by atoms with E-state index in [-0.39, 0.29) is 16.8 Å². The van der Waals surface area contributed by atoms with Crippen LogP contribution in [0.5, 0.6) is 5.75 Å². The van der Waals surface area contributed by atoms with E-state index < -0.39 is 10.0 Å². The molecule has 2 aliphatic heterocycles. The fourth-order valence-corrected chi connectivity index (χ4v) is 6.44. The molecule has 1 atom stereocenters. The van der Waals surface area contributed by atoms with Crippen molar-refractivity contribution in [2.75, 3.05) is 26.7 Å². The van der Waals surface area contributed by atoms with Crippen LogP contribution in [-0.4, -0.2) is 56.3 Å². The maximum atomic E-state index is 13.2. The Hall–Kier alpha value is -2.64. The first-order valence-electron chi connectivity index (χ1n) is 11.7. The molecule has 0 bridgehead atoms. The zero-order chi connectivity index (χ0) is 23.3. The van der Waals surface area contributed by atoms with Crippen LogP contribution < -0.4 is 4.74 Å². The van der Waals surface area contributed by atoms with Gasteiger partial charge in [-0.05, 0) is 61.4 Å². The Bertz CT molecular complexity index is 1090. The number of benzene rings is 2. The van der Waals surface area contributed by atoms with E-state index in [2.05, 4.69) is 12.1 Å². The third kappa shape index (κ3) is 5.47. The second-order valence-electron chi connectivity index (χ2n) is 8.73. The molecule has 2 aliphatic rings. The quantitative estimate of drug-likeness (QED) is 0.574. The second-order valence-corrected chi connectivity index (χ2v) is 10.6. The SMILES string of the molecule is COc1ccc(/C=C/C(=O)N2CCCC2Cc2ccccc2)cc1S(=O)(=O)N1CCCCC1. The monoisotopic (exact) mass is 468 g/mol. The van der Waals surface area contributed by atoms with Crippen LogP contribution in [0.25, 0.3) is 6.08 Å². The predicted octanol–water partition coefficient (Wildman–Crippen LogP) is 4.12. The Morgan fingerprint density at radius 1 is 1.03 bits per heavy atom. The lowest BCUT2D eigenvalue weighted by molar-refractivity contribution is -0.126. The molecule has 6 nitrogen and oxygen atoms in total. The number of methoxy groups -OCH3 is 1. The summed E-state index contributed by atoms with van der Waals surface area (Å²) in [5.74, 6) is 0.288. The highest BCUT2D eigenvalue weighted by Crippen LogP contribution is 2.30. The topological polar surface area (TPSA) is 66.9 Å². The third-order valence-corrected chi connectivity index (χ3v) is 8.43. The number of piperidine rings is 1. The molecule has 0 saturated carbocycles. The van der Waals surface area contributed by atoms with E-state index in [1.807, 2.05) is 23.1 Å². The number of likely N-dealkylation sites (tertiary alicyclic amines) is 1. The molecule has 2 fully saturated rings. The van der Waals surface area contributed by atoms with Gasteiger partial charge in [0.05, 0.1) is 7.11 Å². The lowest BCUT2D eigenvalue weighted by atomic mass is 10.0. The average molecular weight is 469 g/mol. The molecule has 2 saturated heterocycles. The van der Waals surface area contributed by atoms with Gasteiger partial charge in [-0.25, -0.2) is 8.42 Å². The van der Waals surface area contributed by atoms with Crippen molar-refractivity contribution < 1.29 is 17.9 Å². The molecule has 0 aromatic heterocycles. The van der Waals surface area contributed by atoms with Gasteiger partial charge in [0, 0.05) is 31.8 Å². The number of hydrogen-bond donors (Lipinski definition) is 0. The molecule has 0 N–H and O–H groups in total. The number of nitrogens with zero attached hydrogens (tertiary/aromatic N) is 2. The zero-order valence-electron chi connectivity index (χ0n) is 19.2. The van der Waals surface area contributed by atoms with Gasteiger partial charge in [0.25, 0.3) is 0 Å². The number of carbonyl (C=O) groups excluding carboxylic acids is 1. The molecule has 1 amide bonds. The van der Waals surface area contributed by atoms with E-state index >= 15 is 0 Å². The van der Waals surface area contributed by atoms with Crippen LogP contribution in [0.4, 0.5) is 0 Å². The van der Waals surface area contributed by atoms with Gasteiger partial charge in [-0.15, -0.1) is 0 Å². The minimum absolute atomic E-state index is 0.0373. The van der Waals surface area contributed by atoms with E-state index in [0.717, 1.165) is 45.1 Å². The van der Waals surface area contributed by atoms with Crippen LogP contribution in [-0.2, 0) is 21.2 Å². The summed E-state index contributed by atoms with van der Waals surface area (Å²) in [5.41, 5.74) is 1.90. The number of ether oxygens (including phenoxy) is 1. The summed E-state index contributed by atoms with van der Waals surface area (Å²) >= 11 is 0. The van der Waals surface area contributed by atoms with Crippen molar-refractivity contribution in [3.63, 3.8) is 0 Å². The molecule has 7 heteroatoms. The molecule has 33 heavy (non-hydrogen) atoms. The zero-order valence-corrected chi connectivity index (χ0v) is 20.0. The molecule has 1 unspecified atom stereocenters. The van der Waals surface area contributed by atoms with Gasteiger partial charge < -0.3 is 9.64 Å². The summed E-state index contributed by atoms with van der Waals surface area (Å²) in [6.07, 6.45) is 8.90. The van der Waals surface area contributed by atoms with Crippen molar-refractivity contribution in [1.29, 1.82) is 0 Å².